The molecule has 0 bridgehead atoms. The average molecular weight is 775 g/mol. The first-order chi connectivity index (χ1) is 30.3. The predicted octanol–water partition coefficient (Wildman–Crippen LogP) is 15.4. The molecule has 0 amide bonds. The second kappa shape index (κ2) is 13.0. The minimum absolute atomic E-state index is 0.425. The summed E-state index contributed by atoms with van der Waals surface area (Å²) in [6, 6.07) is 85.2. The summed E-state index contributed by atoms with van der Waals surface area (Å²) in [7, 11) is 0. The van der Waals surface area contributed by atoms with Gasteiger partial charge in [0.15, 0.2) is 0 Å². The summed E-state index contributed by atoms with van der Waals surface area (Å²) >= 11 is 0. The number of hydrogen-bond donors (Lipinski definition) is 0. The zero-order valence-electron chi connectivity index (χ0n) is 33.3. The van der Waals surface area contributed by atoms with Gasteiger partial charge < -0.3 is 9.47 Å². The van der Waals surface area contributed by atoms with Crippen molar-refractivity contribution in [1.29, 1.82) is 0 Å². The fourth-order valence-corrected chi connectivity index (χ4v) is 11.0. The van der Waals surface area contributed by atoms with E-state index in [4.69, 9.17) is 0 Å². The molecule has 0 saturated carbocycles. The molecule has 0 aliphatic heterocycles. The van der Waals surface area contributed by atoms with Gasteiger partial charge in [-0.3, -0.25) is 0 Å². The van der Waals surface area contributed by atoms with Crippen molar-refractivity contribution in [3.05, 3.63) is 253 Å². The molecular weight excluding hydrogens is 737 g/mol. The molecule has 0 saturated heterocycles. The van der Waals surface area contributed by atoms with Crippen molar-refractivity contribution in [1.82, 2.24) is 4.57 Å². The smallest absolute Gasteiger partial charge is 0.0726 e. The number of nitrogens with zero attached hydrogens (tertiary/aromatic N) is 2. The normalized spacial score (nSPS) is 13.0. The van der Waals surface area contributed by atoms with Gasteiger partial charge in [-0.05, 0) is 122 Å². The van der Waals surface area contributed by atoms with E-state index in [9.17, 15) is 0 Å². The molecule has 11 aromatic rings. The number of anilines is 3. The van der Waals surface area contributed by atoms with Crippen LogP contribution in [0, 0.1) is 0 Å². The molecule has 1 heterocycles. The third kappa shape index (κ3) is 4.73. The number of rotatable bonds is 5. The number of hydrogen-bond acceptors (Lipinski definition) is 1. The van der Waals surface area contributed by atoms with Crippen molar-refractivity contribution < 1.29 is 0 Å². The van der Waals surface area contributed by atoms with Gasteiger partial charge >= 0.3 is 0 Å². The first kappa shape index (κ1) is 34.0. The zero-order valence-corrected chi connectivity index (χ0v) is 33.3. The SMILES string of the molecule is c1ccc(N(c2ccc3c(c2)C2(c4ccccc4-c4ccccc42)c2ccccc2-3)c2cccc3c(-c4ccc5c(c4)c4ccccc4n5-c4ccccc4)cccc23)cc1. The number of para-hydroxylation sites is 3. The van der Waals surface area contributed by atoms with E-state index in [1.807, 2.05) is 0 Å². The highest BCUT2D eigenvalue weighted by Gasteiger charge is 2.51. The molecule has 1 aromatic heterocycles. The Kier molecular flexibility index (Phi) is 7.26. The summed E-state index contributed by atoms with van der Waals surface area (Å²) in [4.78, 5) is 2.46. The fraction of sp³-hybridized carbons (Fsp3) is 0.0169. The van der Waals surface area contributed by atoms with Crippen LogP contribution in [0.4, 0.5) is 17.1 Å². The molecule has 61 heavy (non-hydrogen) atoms. The van der Waals surface area contributed by atoms with Crippen molar-refractivity contribution in [3.8, 4) is 39.1 Å². The van der Waals surface area contributed by atoms with E-state index in [1.165, 1.54) is 93.9 Å². The molecule has 0 fully saturated rings. The lowest BCUT2D eigenvalue weighted by Gasteiger charge is -2.32. The molecule has 2 aliphatic carbocycles. The van der Waals surface area contributed by atoms with E-state index in [1.54, 1.807) is 0 Å². The fourth-order valence-electron chi connectivity index (χ4n) is 11.0. The number of fused-ring (bicyclic) bond motifs is 14. The van der Waals surface area contributed by atoms with Crippen LogP contribution in [-0.2, 0) is 5.41 Å². The van der Waals surface area contributed by atoms with E-state index in [0.717, 1.165) is 17.1 Å². The van der Waals surface area contributed by atoms with Gasteiger partial charge in [0, 0.05) is 33.2 Å². The van der Waals surface area contributed by atoms with Crippen molar-refractivity contribution >= 4 is 49.6 Å². The van der Waals surface area contributed by atoms with Gasteiger partial charge in [0.25, 0.3) is 0 Å². The van der Waals surface area contributed by atoms with E-state index in [2.05, 4.69) is 240 Å². The Morgan fingerprint density at radius 3 is 1.57 bits per heavy atom. The summed E-state index contributed by atoms with van der Waals surface area (Å²) in [6.07, 6.45) is 0. The standard InChI is InChI=1S/C59H38N2/c1-3-17-40(18-4-1)60(42-34-35-48-47-23-9-13-30-54(47)59(55(48)38-42)52-28-11-7-21-45(52)46-22-8-12-29-53(46)59)56-32-16-26-44-43(25-15-27-49(44)56)39-33-36-58-51(37-39)50-24-10-14-31-57(50)61(58)41-19-5-2-6-20-41/h1-38H. The van der Waals surface area contributed by atoms with Crippen LogP contribution in [0.15, 0.2) is 231 Å². The topological polar surface area (TPSA) is 8.17 Å². The summed E-state index contributed by atoms with van der Waals surface area (Å²) in [5.41, 5.74) is 19.6. The van der Waals surface area contributed by atoms with E-state index in [0.29, 0.717) is 0 Å². The highest BCUT2D eigenvalue weighted by Crippen LogP contribution is 2.63. The molecule has 284 valence electrons. The maximum atomic E-state index is 2.49. The van der Waals surface area contributed by atoms with Crippen molar-refractivity contribution in [2.45, 2.75) is 5.41 Å². The van der Waals surface area contributed by atoms with Gasteiger partial charge in [-0.25, -0.2) is 0 Å². The molecule has 2 heteroatoms. The maximum Gasteiger partial charge on any atom is 0.0726 e. The zero-order chi connectivity index (χ0) is 40.1. The summed E-state index contributed by atoms with van der Waals surface area (Å²) in [5, 5.41) is 4.92. The molecule has 13 rings (SSSR count). The quantitative estimate of drug-likeness (QED) is 0.169. The van der Waals surface area contributed by atoms with Gasteiger partial charge in [0.2, 0.25) is 0 Å². The number of aromatic nitrogens is 1. The van der Waals surface area contributed by atoms with Crippen LogP contribution in [0.25, 0.3) is 71.6 Å². The Balaban J connectivity index is 1.02. The second-order valence-corrected chi connectivity index (χ2v) is 16.4. The van der Waals surface area contributed by atoms with Crippen LogP contribution >= 0.6 is 0 Å². The predicted molar refractivity (Wildman–Crippen MR) is 255 cm³/mol. The van der Waals surface area contributed by atoms with Crippen LogP contribution in [0.3, 0.4) is 0 Å². The Hall–Kier alpha value is -7.94. The lowest BCUT2D eigenvalue weighted by molar-refractivity contribution is 0.793. The van der Waals surface area contributed by atoms with Crippen molar-refractivity contribution in [3.63, 3.8) is 0 Å². The Bertz CT molecular complexity index is 3480. The lowest BCUT2D eigenvalue weighted by Crippen LogP contribution is -2.26. The Morgan fingerprint density at radius 2 is 0.852 bits per heavy atom. The third-order valence-corrected chi connectivity index (χ3v) is 13.4. The van der Waals surface area contributed by atoms with Crippen LogP contribution in [0.1, 0.15) is 22.3 Å². The molecular formula is C59H38N2. The van der Waals surface area contributed by atoms with Gasteiger partial charge in [-0.2, -0.15) is 0 Å². The minimum Gasteiger partial charge on any atom is -0.310 e. The highest BCUT2D eigenvalue weighted by molar-refractivity contribution is 6.12. The maximum absolute atomic E-state index is 2.49. The van der Waals surface area contributed by atoms with E-state index in [-0.39, 0.29) is 0 Å². The summed E-state index contributed by atoms with van der Waals surface area (Å²) < 4.78 is 2.38. The molecule has 2 nitrogen and oxygen atoms in total. The van der Waals surface area contributed by atoms with Crippen LogP contribution < -0.4 is 4.90 Å². The van der Waals surface area contributed by atoms with E-state index < -0.39 is 5.41 Å². The first-order valence-electron chi connectivity index (χ1n) is 21.2. The van der Waals surface area contributed by atoms with E-state index >= 15 is 0 Å². The third-order valence-electron chi connectivity index (χ3n) is 13.4. The van der Waals surface area contributed by atoms with Gasteiger partial charge in [-0.15, -0.1) is 0 Å². The van der Waals surface area contributed by atoms with Crippen LogP contribution in [0.2, 0.25) is 0 Å². The second-order valence-electron chi connectivity index (χ2n) is 16.4. The summed E-state index contributed by atoms with van der Waals surface area (Å²) in [6.45, 7) is 0. The van der Waals surface area contributed by atoms with Crippen molar-refractivity contribution in [2.75, 3.05) is 4.90 Å². The van der Waals surface area contributed by atoms with Crippen LogP contribution in [0.5, 0.6) is 0 Å². The molecule has 10 aromatic carbocycles. The van der Waals surface area contributed by atoms with Crippen molar-refractivity contribution in [2.24, 2.45) is 0 Å². The monoisotopic (exact) mass is 774 g/mol. The molecule has 0 radical (unpaired) electrons. The lowest BCUT2D eigenvalue weighted by atomic mass is 9.70. The molecule has 2 aliphatic rings. The van der Waals surface area contributed by atoms with Gasteiger partial charge in [0.05, 0.1) is 22.1 Å². The Morgan fingerprint density at radius 1 is 0.311 bits per heavy atom. The summed E-state index contributed by atoms with van der Waals surface area (Å²) in [5.74, 6) is 0. The first-order valence-corrected chi connectivity index (χ1v) is 21.2. The highest BCUT2D eigenvalue weighted by atomic mass is 15.1. The largest absolute Gasteiger partial charge is 0.310 e. The molecule has 0 unspecified atom stereocenters. The molecule has 0 N–H and O–H groups in total. The Labute approximate surface area is 354 Å². The molecule has 1 spiro atoms. The van der Waals surface area contributed by atoms with Gasteiger partial charge in [-0.1, -0.05) is 170 Å². The minimum atomic E-state index is -0.425. The van der Waals surface area contributed by atoms with Gasteiger partial charge in [0.1, 0.15) is 0 Å². The number of benzene rings is 10. The molecule has 0 atom stereocenters. The average Bonchev–Trinajstić information content (AvgIpc) is 3.94. The van der Waals surface area contributed by atoms with Crippen LogP contribution in [-0.4, -0.2) is 4.57 Å².